The Bertz CT molecular complexity index is 824. The largest absolute Gasteiger partial charge is 0.340 e. The Hall–Kier alpha value is -3.01. The van der Waals surface area contributed by atoms with E-state index < -0.39 is 0 Å². The molecule has 0 aliphatic rings. The lowest BCUT2D eigenvalue weighted by Crippen LogP contribution is -2.07. The fourth-order valence-corrected chi connectivity index (χ4v) is 2.52. The van der Waals surface area contributed by atoms with Crippen molar-refractivity contribution in [3.63, 3.8) is 0 Å². The minimum Gasteiger partial charge on any atom is -0.340 e. The highest BCUT2D eigenvalue weighted by atomic mass is 16.1. The van der Waals surface area contributed by atoms with Crippen LogP contribution in [0.5, 0.6) is 0 Å². The van der Waals surface area contributed by atoms with E-state index >= 15 is 0 Å². The van der Waals surface area contributed by atoms with Gasteiger partial charge in [-0.2, -0.15) is 0 Å². The molecule has 0 saturated carbocycles. The van der Waals surface area contributed by atoms with Crippen molar-refractivity contribution in [2.45, 2.75) is 13.8 Å². The molecule has 23 heavy (non-hydrogen) atoms. The number of benzene rings is 1. The Labute approximate surface area is 135 Å². The molecule has 0 bridgehead atoms. The Morgan fingerprint density at radius 2 is 1.65 bits per heavy atom. The van der Waals surface area contributed by atoms with Crippen LogP contribution in [0.15, 0.2) is 61.1 Å². The van der Waals surface area contributed by atoms with Gasteiger partial charge in [-0.15, -0.1) is 0 Å². The summed E-state index contributed by atoms with van der Waals surface area (Å²) in [6, 6.07) is 13.1. The molecule has 0 aliphatic heterocycles. The van der Waals surface area contributed by atoms with Crippen molar-refractivity contribution in [3.8, 4) is 0 Å². The normalized spacial score (nSPS) is 10.3. The molecule has 0 radical (unpaired) electrons. The van der Waals surface area contributed by atoms with Crippen molar-refractivity contribution in [2.75, 3.05) is 5.32 Å². The number of anilines is 2. The minimum atomic E-state index is -0.0403. The van der Waals surface area contributed by atoms with Crippen molar-refractivity contribution < 1.29 is 4.79 Å². The Balaban J connectivity index is 1.98. The SMILES string of the molecule is Cc1cc(C)cc(C(=O)c2cccnc2Nc2ccncc2)c1. The predicted molar refractivity (Wildman–Crippen MR) is 91.1 cm³/mol. The molecule has 4 nitrogen and oxygen atoms in total. The van der Waals surface area contributed by atoms with Crippen molar-refractivity contribution in [3.05, 3.63) is 83.3 Å². The topological polar surface area (TPSA) is 54.9 Å². The van der Waals surface area contributed by atoms with Gasteiger partial charge in [0, 0.05) is 29.8 Å². The van der Waals surface area contributed by atoms with Crippen LogP contribution in [0.1, 0.15) is 27.0 Å². The summed E-state index contributed by atoms with van der Waals surface area (Å²) in [4.78, 5) is 21.2. The molecular formula is C19H17N3O. The van der Waals surface area contributed by atoms with Gasteiger partial charge in [0.25, 0.3) is 0 Å². The van der Waals surface area contributed by atoms with E-state index in [0.29, 0.717) is 16.9 Å². The zero-order chi connectivity index (χ0) is 16.2. The van der Waals surface area contributed by atoms with Crippen molar-refractivity contribution in [1.82, 2.24) is 9.97 Å². The van der Waals surface area contributed by atoms with Crippen LogP contribution < -0.4 is 5.32 Å². The molecule has 114 valence electrons. The number of pyridine rings is 2. The number of hydrogen-bond acceptors (Lipinski definition) is 4. The van der Waals surface area contributed by atoms with E-state index in [9.17, 15) is 4.79 Å². The smallest absolute Gasteiger partial charge is 0.196 e. The van der Waals surface area contributed by atoms with Gasteiger partial charge in [0.1, 0.15) is 5.82 Å². The molecule has 3 rings (SSSR count). The molecule has 2 aromatic heterocycles. The molecule has 0 amide bonds. The highest BCUT2D eigenvalue weighted by Crippen LogP contribution is 2.21. The number of hydrogen-bond donors (Lipinski definition) is 1. The lowest BCUT2D eigenvalue weighted by atomic mass is 10.00. The molecular weight excluding hydrogens is 286 g/mol. The van der Waals surface area contributed by atoms with E-state index in [1.54, 1.807) is 30.7 Å². The molecule has 0 aliphatic carbocycles. The average Bonchev–Trinajstić information content (AvgIpc) is 2.55. The number of rotatable bonds is 4. The minimum absolute atomic E-state index is 0.0403. The van der Waals surface area contributed by atoms with E-state index in [4.69, 9.17) is 0 Å². The average molecular weight is 303 g/mol. The Kier molecular flexibility index (Phi) is 4.15. The second-order valence-electron chi connectivity index (χ2n) is 5.47. The lowest BCUT2D eigenvalue weighted by Gasteiger charge is -2.11. The van der Waals surface area contributed by atoms with Crippen LogP contribution in [0.3, 0.4) is 0 Å². The van der Waals surface area contributed by atoms with Crippen LogP contribution in [-0.2, 0) is 0 Å². The standard InChI is InChI=1S/C19H17N3O/c1-13-10-14(2)12-15(11-13)18(23)17-4-3-7-21-19(17)22-16-5-8-20-9-6-16/h3-12H,1-2H3,(H,20,21,22). The monoisotopic (exact) mass is 303 g/mol. The van der Waals surface area contributed by atoms with Gasteiger partial charge in [-0.3, -0.25) is 9.78 Å². The Morgan fingerprint density at radius 1 is 0.957 bits per heavy atom. The molecule has 3 aromatic rings. The molecule has 1 N–H and O–H groups in total. The number of carbonyl (C=O) groups is 1. The van der Waals surface area contributed by atoms with Gasteiger partial charge in [-0.05, 0) is 50.2 Å². The molecule has 0 unspecified atom stereocenters. The summed E-state index contributed by atoms with van der Waals surface area (Å²) in [6.45, 7) is 3.98. The zero-order valence-electron chi connectivity index (χ0n) is 13.1. The quantitative estimate of drug-likeness (QED) is 0.738. The van der Waals surface area contributed by atoms with E-state index in [2.05, 4.69) is 21.4 Å². The van der Waals surface area contributed by atoms with Crippen LogP contribution in [0.2, 0.25) is 0 Å². The van der Waals surface area contributed by atoms with Crippen LogP contribution >= 0.6 is 0 Å². The first-order chi connectivity index (χ1) is 11.1. The molecule has 1 aromatic carbocycles. The summed E-state index contributed by atoms with van der Waals surface area (Å²) in [5, 5.41) is 3.18. The van der Waals surface area contributed by atoms with Crippen LogP contribution in [0, 0.1) is 13.8 Å². The van der Waals surface area contributed by atoms with E-state index in [1.807, 2.05) is 38.1 Å². The summed E-state index contributed by atoms with van der Waals surface area (Å²) >= 11 is 0. The van der Waals surface area contributed by atoms with Crippen LogP contribution in [-0.4, -0.2) is 15.8 Å². The first-order valence-electron chi connectivity index (χ1n) is 7.38. The third kappa shape index (κ3) is 3.43. The highest BCUT2D eigenvalue weighted by molar-refractivity contribution is 6.12. The van der Waals surface area contributed by atoms with Gasteiger partial charge < -0.3 is 5.32 Å². The van der Waals surface area contributed by atoms with Crippen molar-refractivity contribution in [2.24, 2.45) is 0 Å². The van der Waals surface area contributed by atoms with Crippen molar-refractivity contribution in [1.29, 1.82) is 0 Å². The van der Waals surface area contributed by atoms with Crippen LogP contribution in [0.25, 0.3) is 0 Å². The predicted octanol–water partition coefficient (Wildman–Crippen LogP) is 4.07. The molecule has 0 spiro atoms. The van der Waals surface area contributed by atoms with Gasteiger partial charge in [-0.25, -0.2) is 4.98 Å². The second-order valence-corrected chi connectivity index (χ2v) is 5.47. The van der Waals surface area contributed by atoms with E-state index in [-0.39, 0.29) is 5.78 Å². The summed E-state index contributed by atoms with van der Waals surface area (Å²) in [7, 11) is 0. The summed E-state index contributed by atoms with van der Waals surface area (Å²) < 4.78 is 0. The van der Waals surface area contributed by atoms with Gasteiger partial charge >= 0.3 is 0 Å². The fourth-order valence-electron chi connectivity index (χ4n) is 2.52. The molecule has 0 fully saturated rings. The van der Waals surface area contributed by atoms with Gasteiger partial charge in [0.15, 0.2) is 5.78 Å². The zero-order valence-corrected chi connectivity index (χ0v) is 13.1. The summed E-state index contributed by atoms with van der Waals surface area (Å²) in [6.07, 6.45) is 5.05. The van der Waals surface area contributed by atoms with E-state index in [0.717, 1.165) is 16.8 Å². The third-order valence-electron chi connectivity index (χ3n) is 3.48. The maximum absolute atomic E-state index is 12.9. The molecule has 2 heterocycles. The van der Waals surface area contributed by atoms with Crippen LogP contribution in [0.4, 0.5) is 11.5 Å². The number of nitrogens with one attached hydrogen (secondary N) is 1. The maximum atomic E-state index is 12.9. The number of carbonyl (C=O) groups excluding carboxylic acids is 1. The number of nitrogens with zero attached hydrogens (tertiary/aromatic N) is 2. The van der Waals surface area contributed by atoms with Gasteiger partial charge in [-0.1, -0.05) is 17.2 Å². The second kappa shape index (κ2) is 6.40. The first kappa shape index (κ1) is 14.9. The van der Waals surface area contributed by atoms with Gasteiger partial charge in [0.2, 0.25) is 0 Å². The highest BCUT2D eigenvalue weighted by Gasteiger charge is 2.15. The van der Waals surface area contributed by atoms with Crippen molar-refractivity contribution >= 4 is 17.3 Å². The number of aryl methyl sites for hydroxylation is 2. The lowest BCUT2D eigenvalue weighted by molar-refractivity contribution is 0.103. The summed E-state index contributed by atoms with van der Waals surface area (Å²) in [5.74, 6) is 0.504. The van der Waals surface area contributed by atoms with E-state index in [1.165, 1.54) is 0 Å². The first-order valence-corrected chi connectivity index (χ1v) is 7.38. The molecule has 0 saturated heterocycles. The Morgan fingerprint density at radius 3 is 2.35 bits per heavy atom. The fraction of sp³-hybridized carbons (Fsp3) is 0.105. The maximum Gasteiger partial charge on any atom is 0.196 e. The summed E-state index contributed by atoms with van der Waals surface area (Å²) in [5.41, 5.74) is 4.21. The van der Waals surface area contributed by atoms with Gasteiger partial charge in [0.05, 0.1) is 5.56 Å². The third-order valence-corrected chi connectivity index (χ3v) is 3.48. The number of aromatic nitrogens is 2. The number of ketones is 1. The molecule has 0 atom stereocenters. The molecule has 4 heteroatoms.